The minimum absolute atomic E-state index is 0.112. The van der Waals surface area contributed by atoms with Crippen LogP contribution in [-0.2, 0) is 11.2 Å². The molecule has 3 aliphatic carbocycles. The van der Waals surface area contributed by atoms with E-state index in [0.717, 1.165) is 45.0 Å². The molecular formula is C28H29F2N7O2. The van der Waals surface area contributed by atoms with Gasteiger partial charge in [-0.1, -0.05) is 0 Å². The molecule has 1 saturated heterocycles. The van der Waals surface area contributed by atoms with Gasteiger partial charge in [-0.25, -0.2) is 23.7 Å². The van der Waals surface area contributed by atoms with Gasteiger partial charge < -0.3 is 15.0 Å². The van der Waals surface area contributed by atoms with E-state index < -0.39 is 23.5 Å². The number of carbonyl (C=O) groups is 1. The fraction of sp³-hybridized carbons (Fsp3) is 0.464. The van der Waals surface area contributed by atoms with Gasteiger partial charge in [0, 0.05) is 42.0 Å². The molecule has 2 bridgehead atoms. The van der Waals surface area contributed by atoms with E-state index in [-0.39, 0.29) is 47.4 Å². The van der Waals surface area contributed by atoms with Gasteiger partial charge in [-0.2, -0.15) is 5.10 Å². The Labute approximate surface area is 223 Å². The number of aliphatic carboxylic acids is 1. The number of likely N-dealkylation sites (tertiary alicyclic amines) is 1. The maximum absolute atomic E-state index is 16.3. The molecule has 2 unspecified atom stereocenters. The number of nitrogens with zero attached hydrogens (tertiary/aromatic N) is 6. The zero-order chi connectivity index (χ0) is 26.8. The minimum atomic E-state index is -0.811. The van der Waals surface area contributed by atoms with Crippen LogP contribution in [0.5, 0.6) is 0 Å². The van der Waals surface area contributed by atoms with Crippen LogP contribution in [0.3, 0.4) is 0 Å². The Hall–Kier alpha value is -3.73. The third kappa shape index (κ3) is 4.10. The molecule has 9 nitrogen and oxygen atoms in total. The summed E-state index contributed by atoms with van der Waals surface area (Å²) < 4.78 is 32.2. The van der Waals surface area contributed by atoms with E-state index in [2.05, 4.69) is 29.9 Å². The maximum Gasteiger partial charge on any atom is 0.307 e. The van der Waals surface area contributed by atoms with Crippen LogP contribution in [0.25, 0.3) is 33.7 Å². The molecule has 0 spiro atoms. The summed E-state index contributed by atoms with van der Waals surface area (Å²) in [6.45, 7) is 1.72. The topological polar surface area (TPSA) is 113 Å². The van der Waals surface area contributed by atoms with Gasteiger partial charge in [0.1, 0.15) is 17.2 Å². The number of hydrogen-bond acceptors (Lipinski definition) is 6. The van der Waals surface area contributed by atoms with E-state index in [0.29, 0.717) is 22.2 Å². The molecule has 2 N–H and O–H groups in total. The number of carboxylic acid groups (broad SMARTS) is 1. The minimum Gasteiger partial charge on any atom is -0.481 e. The molecule has 2 atom stereocenters. The van der Waals surface area contributed by atoms with Crippen LogP contribution in [0.1, 0.15) is 37.4 Å². The number of aromatic nitrogens is 6. The molecule has 4 aromatic rings. The highest BCUT2D eigenvalue weighted by Gasteiger charge is 2.47. The van der Waals surface area contributed by atoms with Crippen molar-refractivity contribution in [2.45, 2.75) is 38.1 Å². The number of H-pyrrole nitrogens is 1. The van der Waals surface area contributed by atoms with Crippen LogP contribution in [-0.4, -0.2) is 65.8 Å². The standard InChI is InChI=1S/C28H29F2N7O2/c1-36-12-18(13-36)37-11-16(8-33-37)25-24(30)22(7-19-14-2-4-15(5-3-14)23(19)28(38)39)34-27(35-25)21-10-32-26-20(21)6-17(29)9-31-26/h6,8-11,14-15,18-19,23H,2-5,7,12-13H2,1H3,(H,31,32)(H,38,39). The van der Waals surface area contributed by atoms with Gasteiger partial charge in [0.2, 0.25) is 0 Å². The van der Waals surface area contributed by atoms with Gasteiger partial charge in [-0.05, 0) is 63.0 Å². The molecule has 0 amide bonds. The molecule has 4 fully saturated rings. The number of pyridine rings is 1. The summed E-state index contributed by atoms with van der Waals surface area (Å²) in [5.41, 5.74) is 1.80. The van der Waals surface area contributed by atoms with Crippen LogP contribution in [0, 0.1) is 35.3 Å². The fourth-order valence-electron chi connectivity index (χ4n) is 7.07. The highest BCUT2D eigenvalue weighted by molar-refractivity contribution is 5.91. The predicted octanol–water partition coefficient (Wildman–Crippen LogP) is 4.33. The van der Waals surface area contributed by atoms with Crippen molar-refractivity contribution in [2.75, 3.05) is 20.1 Å². The number of fused-ring (bicyclic) bond motifs is 4. The first-order valence-corrected chi connectivity index (χ1v) is 13.5. The Morgan fingerprint density at radius 1 is 1.13 bits per heavy atom. The van der Waals surface area contributed by atoms with Gasteiger partial charge in [-0.3, -0.25) is 9.48 Å². The first-order chi connectivity index (χ1) is 18.9. The summed E-state index contributed by atoms with van der Waals surface area (Å²) in [6.07, 6.45) is 10.1. The second-order valence-electron chi connectivity index (χ2n) is 11.4. The van der Waals surface area contributed by atoms with Crippen molar-refractivity contribution in [3.8, 4) is 22.6 Å². The SMILES string of the molecule is CN1CC(n2cc(-c3nc(-c4c[nH]c5ncc(F)cc45)nc(CC4C5CCC(CC5)C4C(=O)O)c3F)cn2)C1. The fourth-order valence-corrected chi connectivity index (χ4v) is 7.07. The van der Waals surface area contributed by atoms with Crippen LogP contribution >= 0.6 is 0 Å². The molecule has 4 aliphatic rings. The number of carboxylic acids is 1. The van der Waals surface area contributed by atoms with E-state index in [1.54, 1.807) is 18.6 Å². The normalized spacial score (nSPS) is 25.3. The van der Waals surface area contributed by atoms with Crippen molar-refractivity contribution in [3.05, 3.63) is 48.2 Å². The molecule has 11 heteroatoms. The molecule has 0 aromatic carbocycles. The van der Waals surface area contributed by atoms with Gasteiger partial charge in [0.25, 0.3) is 0 Å². The van der Waals surface area contributed by atoms with E-state index in [9.17, 15) is 14.3 Å². The number of hydrogen-bond donors (Lipinski definition) is 2. The summed E-state index contributed by atoms with van der Waals surface area (Å²) >= 11 is 0. The van der Waals surface area contributed by atoms with E-state index in [1.165, 1.54) is 6.07 Å². The van der Waals surface area contributed by atoms with Crippen LogP contribution in [0.2, 0.25) is 0 Å². The number of likely N-dealkylation sites (N-methyl/N-ethyl adjacent to an activating group) is 1. The van der Waals surface area contributed by atoms with Gasteiger partial charge in [-0.15, -0.1) is 0 Å². The average Bonchev–Trinajstić information content (AvgIpc) is 3.56. The lowest BCUT2D eigenvalue weighted by Crippen LogP contribution is -2.45. The monoisotopic (exact) mass is 533 g/mol. The molecular weight excluding hydrogens is 504 g/mol. The first kappa shape index (κ1) is 24.3. The second kappa shape index (κ2) is 9.18. The lowest BCUT2D eigenvalue weighted by Gasteiger charge is -2.46. The number of nitrogens with one attached hydrogen (secondary N) is 1. The lowest BCUT2D eigenvalue weighted by atomic mass is 9.57. The van der Waals surface area contributed by atoms with Crippen molar-refractivity contribution in [1.29, 1.82) is 0 Å². The number of aromatic amines is 1. The number of rotatable bonds is 6. The zero-order valence-electron chi connectivity index (χ0n) is 21.5. The highest BCUT2D eigenvalue weighted by Crippen LogP contribution is 2.50. The molecule has 4 aromatic heterocycles. The average molecular weight is 534 g/mol. The lowest BCUT2D eigenvalue weighted by molar-refractivity contribution is -0.152. The van der Waals surface area contributed by atoms with Crippen LogP contribution in [0.4, 0.5) is 8.78 Å². The molecule has 1 aliphatic heterocycles. The predicted molar refractivity (Wildman–Crippen MR) is 139 cm³/mol. The highest BCUT2D eigenvalue weighted by atomic mass is 19.1. The van der Waals surface area contributed by atoms with Crippen molar-refractivity contribution in [2.24, 2.45) is 23.7 Å². The third-order valence-electron chi connectivity index (χ3n) is 9.06. The maximum atomic E-state index is 16.3. The Kier molecular flexibility index (Phi) is 5.73. The van der Waals surface area contributed by atoms with Gasteiger partial charge in [0.15, 0.2) is 11.6 Å². The first-order valence-electron chi connectivity index (χ1n) is 13.5. The second-order valence-corrected chi connectivity index (χ2v) is 11.4. The van der Waals surface area contributed by atoms with Crippen molar-refractivity contribution in [3.63, 3.8) is 0 Å². The number of halogens is 2. The largest absolute Gasteiger partial charge is 0.481 e. The Morgan fingerprint density at radius 2 is 1.90 bits per heavy atom. The van der Waals surface area contributed by atoms with Crippen LogP contribution < -0.4 is 0 Å². The summed E-state index contributed by atoms with van der Waals surface area (Å²) in [6, 6.07) is 1.57. The Balaban J connectivity index is 1.34. The molecule has 8 rings (SSSR count). The molecule has 39 heavy (non-hydrogen) atoms. The summed E-state index contributed by atoms with van der Waals surface area (Å²) in [4.78, 5) is 30.8. The summed E-state index contributed by atoms with van der Waals surface area (Å²) in [5.74, 6) is -2.00. The molecule has 0 radical (unpaired) electrons. The molecule has 3 saturated carbocycles. The smallest absolute Gasteiger partial charge is 0.307 e. The van der Waals surface area contributed by atoms with E-state index in [1.807, 2.05) is 11.7 Å². The van der Waals surface area contributed by atoms with Crippen molar-refractivity contribution in [1.82, 2.24) is 34.6 Å². The molecule has 5 heterocycles. The van der Waals surface area contributed by atoms with Crippen LogP contribution in [0.15, 0.2) is 30.9 Å². The summed E-state index contributed by atoms with van der Waals surface area (Å²) in [7, 11) is 2.03. The van der Waals surface area contributed by atoms with E-state index >= 15 is 4.39 Å². The van der Waals surface area contributed by atoms with E-state index in [4.69, 9.17) is 0 Å². The Bertz CT molecular complexity index is 1570. The van der Waals surface area contributed by atoms with Gasteiger partial charge >= 0.3 is 5.97 Å². The molecule has 202 valence electrons. The Morgan fingerprint density at radius 3 is 2.64 bits per heavy atom. The van der Waals surface area contributed by atoms with Crippen molar-refractivity contribution >= 4 is 17.0 Å². The van der Waals surface area contributed by atoms with Crippen molar-refractivity contribution < 1.29 is 18.7 Å². The zero-order valence-corrected chi connectivity index (χ0v) is 21.5. The summed E-state index contributed by atoms with van der Waals surface area (Å²) in [5, 5.41) is 15.0. The van der Waals surface area contributed by atoms with Gasteiger partial charge in [0.05, 0.1) is 30.0 Å². The quantitative estimate of drug-likeness (QED) is 0.379. The third-order valence-corrected chi connectivity index (χ3v) is 9.06.